The van der Waals surface area contributed by atoms with Gasteiger partial charge in [-0.25, -0.2) is 0 Å². The maximum atomic E-state index is 5.48. The molecular formula is C14H21NOS. The van der Waals surface area contributed by atoms with E-state index in [1.807, 2.05) is 11.8 Å². The lowest BCUT2D eigenvalue weighted by Crippen LogP contribution is -2.33. The van der Waals surface area contributed by atoms with Gasteiger partial charge >= 0.3 is 0 Å². The third-order valence-electron chi connectivity index (χ3n) is 3.68. The number of hydrogen-bond donors (Lipinski definition) is 0. The molecule has 0 N–H and O–H groups in total. The molecule has 0 aliphatic heterocycles. The van der Waals surface area contributed by atoms with Gasteiger partial charge in [-0.3, -0.25) is 0 Å². The average Bonchev–Trinajstić information content (AvgIpc) is 2.36. The van der Waals surface area contributed by atoms with E-state index in [4.69, 9.17) is 4.74 Å². The Morgan fingerprint density at radius 2 is 2.06 bits per heavy atom. The third-order valence-corrected chi connectivity index (χ3v) is 4.50. The van der Waals surface area contributed by atoms with Gasteiger partial charge in [0.05, 0.1) is 7.11 Å². The normalized spacial score (nSPS) is 19.2. The summed E-state index contributed by atoms with van der Waals surface area (Å²) in [5.41, 5.74) is 2.93. The van der Waals surface area contributed by atoms with Gasteiger partial charge in [0.2, 0.25) is 0 Å². The first-order chi connectivity index (χ1) is 8.17. The first-order valence-electron chi connectivity index (χ1n) is 6.06. The number of benzene rings is 1. The number of fused-ring (bicyclic) bond motifs is 1. The van der Waals surface area contributed by atoms with Crippen molar-refractivity contribution in [1.29, 1.82) is 0 Å². The van der Waals surface area contributed by atoms with Crippen molar-refractivity contribution in [3.8, 4) is 5.75 Å². The molecule has 0 saturated carbocycles. The summed E-state index contributed by atoms with van der Waals surface area (Å²) in [5, 5.41) is 0. The fourth-order valence-electron chi connectivity index (χ4n) is 2.62. The predicted octanol–water partition coefficient (Wildman–Crippen LogP) is 2.84. The molecule has 1 atom stereocenters. The van der Waals surface area contributed by atoms with Crippen LogP contribution in [0.15, 0.2) is 17.0 Å². The van der Waals surface area contributed by atoms with Crippen LogP contribution >= 0.6 is 11.8 Å². The molecule has 1 aliphatic rings. The van der Waals surface area contributed by atoms with Crippen molar-refractivity contribution < 1.29 is 4.74 Å². The Morgan fingerprint density at radius 3 is 2.65 bits per heavy atom. The van der Waals surface area contributed by atoms with Gasteiger partial charge in [-0.1, -0.05) is 0 Å². The SMILES string of the molecule is COc1ccc(SC)c2c1CCC(N(C)C)C2. The monoisotopic (exact) mass is 251 g/mol. The summed E-state index contributed by atoms with van der Waals surface area (Å²) in [6.07, 6.45) is 5.67. The molecule has 0 spiro atoms. The number of ether oxygens (including phenoxy) is 1. The number of rotatable bonds is 3. The number of likely N-dealkylation sites (N-methyl/N-ethyl adjacent to an activating group) is 1. The Kier molecular flexibility index (Phi) is 4.00. The van der Waals surface area contributed by atoms with Crippen LogP contribution in [0.25, 0.3) is 0 Å². The Morgan fingerprint density at radius 1 is 1.29 bits per heavy atom. The summed E-state index contributed by atoms with van der Waals surface area (Å²) in [7, 11) is 6.12. The minimum atomic E-state index is 0.667. The predicted molar refractivity (Wildman–Crippen MR) is 74.3 cm³/mol. The molecule has 0 aromatic heterocycles. The van der Waals surface area contributed by atoms with Gasteiger partial charge in [-0.15, -0.1) is 11.8 Å². The molecule has 0 radical (unpaired) electrons. The van der Waals surface area contributed by atoms with Gasteiger partial charge in [0.25, 0.3) is 0 Å². The molecule has 2 rings (SSSR count). The molecule has 94 valence electrons. The van der Waals surface area contributed by atoms with Crippen LogP contribution in [0.3, 0.4) is 0 Å². The maximum Gasteiger partial charge on any atom is 0.122 e. The Labute approximate surface area is 108 Å². The highest BCUT2D eigenvalue weighted by atomic mass is 32.2. The van der Waals surface area contributed by atoms with E-state index in [2.05, 4.69) is 37.4 Å². The minimum Gasteiger partial charge on any atom is -0.496 e. The number of thioether (sulfide) groups is 1. The number of nitrogens with zero attached hydrogens (tertiary/aromatic N) is 1. The van der Waals surface area contributed by atoms with Crippen molar-refractivity contribution in [2.24, 2.45) is 0 Å². The smallest absolute Gasteiger partial charge is 0.122 e. The van der Waals surface area contributed by atoms with E-state index in [1.54, 1.807) is 7.11 Å². The lowest BCUT2D eigenvalue weighted by atomic mass is 9.87. The van der Waals surface area contributed by atoms with Crippen molar-refractivity contribution in [1.82, 2.24) is 4.90 Å². The second-order valence-electron chi connectivity index (χ2n) is 4.79. The molecule has 1 aliphatic carbocycles. The maximum absolute atomic E-state index is 5.48. The van der Waals surface area contributed by atoms with Gasteiger partial charge in [0.15, 0.2) is 0 Å². The van der Waals surface area contributed by atoms with E-state index in [9.17, 15) is 0 Å². The van der Waals surface area contributed by atoms with Gasteiger partial charge in [-0.05, 0) is 62.9 Å². The Hall–Kier alpha value is -0.670. The van der Waals surface area contributed by atoms with E-state index < -0.39 is 0 Å². The lowest BCUT2D eigenvalue weighted by molar-refractivity contribution is 0.264. The van der Waals surface area contributed by atoms with E-state index >= 15 is 0 Å². The van der Waals surface area contributed by atoms with Crippen LogP contribution in [0.1, 0.15) is 17.5 Å². The molecule has 0 bridgehead atoms. The fourth-order valence-corrected chi connectivity index (χ4v) is 3.28. The van der Waals surface area contributed by atoms with Gasteiger partial charge in [0.1, 0.15) is 5.75 Å². The summed E-state index contributed by atoms with van der Waals surface area (Å²) < 4.78 is 5.48. The summed E-state index contributed by atoms with van der Waals surface area (Å²) in [6.45, 7) is 0. The quantitative estimate of drug-likeness (QED) is 0.767. The van der Waals surface area contributed by atoms with Crippen LogP contribution in [0.4, 0.5) is 0 Å². The highest BCUT2D eigenvalue weighted by Crippen LogP contribution is 2.36. The zero-order valence-corrected chi connectivity index (χ0v) is 11.9. The van der Waals surface area contributed by atoms with Crippen LogP contribution in [-0.2, 0) is 12.8 Å². The van der Waals surface area contributed by atoms with E-state index in [0.717, 1.165) is 18.6 Å². The number of methoxy groups -OCH3 is 1. The molecule has 3 heteroatoms. The lowest BCUT2D eigenvalue weighted by Gasteiger charge is -2.31. The minimum absolute atomic E-state index is 0.667. The van der Waals surface area contributed by atoms with E-state index in [-0.39, 0.29) is 0 Å². The first-order valence-corrected chi connectivity index (χ1v) is 7.29. The second kappa shape index (κ2) is 5.32. The summed E-state index contributed by atoms with van der Waals surface area (Å²) in [5.74, 6) is 1.06. The van der Waals surface area contributed by atoms with Crippen molar-refractivity contribution in [3.63, 3.8) is 0 Å². The average molecular weight is 251 g/mol. The summed E-state index contributed by atoms with van der Waals surface area (Å²) in [4.78, 5) is 3.75. The van der Waals surface area contributed by atoms with E-state index in [0.29, 0.717) is 6.04 Å². The molecule has 2 nitrogen and oxygen atoms in total. The topological polar surface area (TPSA) is 12.5 Å². The largest absolute Gasteiger partial charge is 0.496 e. The molecule has 1 aromatic rings. The van der Waals surface area contributed by atoms with Crippen molar-refractivity contribution in [2.75, 3.05) is 27.5 Å². The fraction of sp³-hybridized carbons (Fsp3) is 0.571. The van der Waals surface area contributed by atoms with Crippen molar-refractivity contribution >= 4 is 11.8 Å². The van der Waals surface area contributed by atoms with Crippen LogP contribution in [0, 0.1) is 0 Å². The number of hydrogen-bond acceptors (Lipinski definition) is 3. The first kappa shape index (κ1) is 12.8. The molecular weight excluding hydrogens is 230 g/mol. The van der Waals surface area contributed by atoms with Crippen LogP contribution in [-0.4, -0.2) is 38.4 Å². The summed E-state index contributed by atoms with van der Waals surface area (Å²) >= 11 is 1.84. The third kappa shape index (κ3) is 2.45. The van der Waals surface area contributed by atoms with Crippen LogP contribution in [0.5, 0.6) is 5.75 Å². The molecule has 1 unspecified atom stereocenters. The zero-order valence-electron chi connectivity index (χ0n) is 11.1. The highest BCUT2D eigenvalue weighted by molar-refractivity contribution is 7.98. The molecule has 17 heavy (non-hydrogen) atoms. The van der Waals surface area contributed by atoms with Gasteiger partial charge < -0.3 is 9.64 Å². The molecule has 0 fully saturated rings. The van der Waals surface area contributed by atoms with Crippen molar-refractivity contribution in [3.05, 3.63) is 23.3 Å². The van der Waals surface area contributed by atoms with Crippen molar-refractivity contribution in [2.45, 2.75) is 30.2 Å². The standard InChI is InChI=1S/C14H21NOS/c1-15(2)10-5-6-11-12(9-10)14(17-4)8-7-13(11)16-3/h7-8,10H,5-6,9H2,1-4H3. The molecule has 0 amide bonds. The molecule has 0 saturated heterocycles. The molecule has 1 aromatic carbocycles. The van der Waals surface area contributed by atoms with Gasteiger partial charge in [0, 0.05) is 10.9 Å². The summed E-state index contributed by atoms with van der Waals surface area (Å²) in [6, 6.07) is 4.97. The Balaban J connectivity index is 2.40. The van der Waals surface area contributed by atoms with Crippen LogP contribution < -0.4 is 4.74 Å². The van der Waals surface area contributed by atoms with Gasteiger partial charge in [-0.2, -0.15) is 0 Å². The zero-order chi connectivity index (χ0) is 12.4. The van der Waals surface area contributed by atoms with E-state index in [1.165, 1.54) is 22.4 Å². The van der Waals surface area contributed by atoms with Crippen LogP contribution in [0.2, 0.25) is 0 Å². The molecule has 0 heterocycles. The Bertz CT molecular complexity index is 403. The highest BCUT2D eigenvalue weighted by Gasteiger charge is 2.24. The second-order valence-corrected chi connectivity index (χ2v) is 5.64.